The van der Waals surface area contributed by atoms with Gasteiger partial charge in [-0.1, -0.05) is 22.0 Å². The highest BCUT2D eigenvalue weighted by Gasteiger charge is 2.14. The minimum Gasteiger partial charge on any atom is -0.260 e. The van der Waals surface area contributed by atoms with Crippen LogP contribution in [0.2, 0.25) is 0 Å². The number of hydrogen-bond donors (Lipinski definition) is 1. The number of sulfonamides is 1. The fourth-order valence-electron chi connectivity index (χ4n) is 0.993. The third-order valence-electron chi connectivity index (χ3n) is 1.63. The first-order chi connectivity index (χ1) is 6.55. The largest absolute Gasteiger partial charge is 0.260 e. The van der Waals surface area contributed by atoms with E-state index in [-0.39, 0.29) is 10.7 Å². The van der Waals surface area contributed by atoms with Gasteiger partial charge in [0.2, 0.25) is 10.0 Å². The molecule has 0 aliphatic rings. The van der Waals surface area contributed by atoms with Gasteiger partial charge in [-0.3, -0.25) is 4.98 Å². The van der Waals surface area contributed by atoms with Crippen LogP contribution in [0.25, 0.3) is 0 Å². The molecule has 14 heavy (non-hydrogen) atoms. The van der Waals surface area contributed by atoms with Crippen molar-refractivity contribution in [3.63, 3.8) is 0 Å². The van der Waals surface area contributed by atoms with Gasteiger partial charge in [-0.15, -0.1) is 0 Å². The van der Waals surface area contributed by atoms with Crippen molar-refractivity contribution in [3.05, 3.63) is 30.1 Å². The quantitative estimate of drug-likeness (QED) is 0.848. The molecule has 4 nitrogen and oxygen atoms in total. The smallest absolute Gasteiger partial charge is 0.222 e. The lowest BCUT2D eigenvalue weighted by atomic mass is 10.2. The molecule has 0 saturated carbocycles. The maximum atomic E-state index is 11.2. The summed E-state index contributed by atoms with van der Waals surface area (Å²) in [5.41, 5.74) is 0.706. The fraction of sp³-hybridized carbons (Fsp3) is 0.375. The molecule has 0 saturated heterocycles. The Balaban J connectivity index is 2.74. The average molecular weight is 279 g/mol. The number of nitrogens with zero attached hydrogens (tertiary/aromatic N) is 1. The monoisotopic (exact) mass is 278 g/mol. The topological polar surface area (TPSA) is 59.1 Å². The van der Waals surface area contributed by atoms with E-state index in [9.17, 15) is 8.42 Å². The van der Waals surface area contributed by atoms with Crippen molar-refractivity contribution in [1.29, 1.82) is 0 Å². The Morgan fingerprint density at radius 2 is 2.29 bits per heavy atom. The standard InChI is InChI=1S/C8H11BrN2O2S/c1-7(11-14(12,13)6-9)8-4-2-3-5-10-8/h2-5,7,11H,6H2,1H3. The fourth-order valence-corrected chi connectivity index (χ4v) is 2.11. The third-order valence-corrected chi connectivity index (χ3v) is 4.44. The highest BCUT2D eigenvalue weighted by molar-refractivity contribution is 9.10. The van der Waals surface area contributed by atoms with Gasteiger partial charge in [0, 0.05) is 6.20 Å². The number of hydrogen-bond acceptors (Lipinski definition) is 3. The summed E-state index contributed by atoms with van der Waals surface area (Å²) < 4.78 is 24.8. The molecular weight excluding hydrogens is 268 g/mol. The highest BCUT2D eigenvalue weighted by Crippen LogP contribution is 2.09. The second kappa shape index (κ2) is 4.86. The zero-order valence-electron chi connectivity index (χ0n) is 7.64. The van der Waals surface area contributed by atoms with E-state index in [1.165, 1.54) is 0 Å². The Kier molecular flexibility index (Phi) is 4.03. The van der Waals surface area contributed by atoms with Crippen molar-refractivity contribution < 1.29 is 8.42 Å². The molecule has 1 unspecified atom stereocenters. The van der Waals surface area contributed by atoms with E-state index in [1.54, 1.807) is 25.3 Å². The lowest BCUT2D eigenvalue weighted by molar-refractivity contribution is 0.569. The molecule has 1 heterocycles. The van der Waals surface area contributed by atoms with Crippen molar-refractivity contribution in [1.82, 2.24) is 9.71 Å². The minimum absolute atomic E-state index is 0.100. The summed E-state index contributed by atoms with van der Waals surface area (Å²) in [7, 11) is -3.24. The number of rotatable bonds is 4. The van der Waals surface area contributed by atoms with Crippen LogP contribution in [0.15, 0.2) is 24.4 Å². The van der Waals surface area contributed by atoms with Gasteiger partial charge < -0.3 is 0 Å². The molecule has 1 aromatic rings. The predicted octanol–water partition coefficient (Wildman–Crippen LogP) is 1.41. The van der Waals surface area contributed by atoms with Gasteiger partial charge in [-0.2, -0.15) is 0 Å². The number of alkyl halides is 1. The number of halogens is 1. The normalized spacial score (nSPS) is 13.9. The summed E-state index contributed by atoms with van der Waals surface area (Å²) in [4.78, 5) is 4.05. The summed E-state index contributed by atoms with van der Waals surface area (Å²) in [6.45, 7) is 1.75. The molecule has 0 spiro atoms. The van der Waals surface area contributed by atoms with Crippen LogP contribution in [-0.2, 0) is 10.0 Å². The maximum absolute atomic E-state index is 11.2. The maximum Gasteiger partial charge on any atom is 0.222 e. The predicted molar refractivity (Wildman–Crippen MR) is 58.5 cm³/mol. The van der Waals surface area contributed by atoms with Gasteiger partial charge in [-0.25, -0.2) is 13.1 Å². The molecule has 0 fully saturated rings. The summed E-state index contributed by atoms with van der Waals surface area (Å²) in [6.07, 6.45) is 1.63. The van der Waals surface area contributed by atoms with Gasteiger partial charge in [0.15, 0.2) is 0 Å². The molecule has 0 bridgehead atoms. The lowest BCUT2D eigenvalue weighted by Crippen LogP contribution is -2.27. The average Bonchev–Trinajstić information content (AvgIpc) is 2.19. The molecule has 0 radical (unpaired) electrons. The van der Waals surface area contributed by atoms with E-state index in [0.717, 1.165) is 0 Å². The van der Waals surface area contributed by atoms with Crippen LogP contribution in [0, 0.1) is 0 Å². The molecule has 1 aromatic heterocycles. The Morgan fingerprint density at radius 1 is 1.57 bits per heavy atom. The van der Waals surface area contributed by atoms with Crippen LogP contribution in [0.3, 0.4) is 0 Å². The Bertz CT molecular complexity index is 380. The summed E-state index contributed by atoms with van der Waals surface area (Å²) >= 11 is 2.90. The molecule has 0 aliphatic carbocycles. The molecular formula is C8H11BrN2O2S. The van der Waals surface area contributed by atoms with E-state index < -0.39 is 10.0 Å². The van der Waals surface area contributed by atoms with E-state index in [0.29, 0.717) is 5.69 Å². The summed E-state index contributed by atoms with van der Waals surface area (Å²) in [5, 5.41) is 0. The van der Waals surface area contributed by atoms with Crippen molar-refractivity contribution in [3.8, 4) is 0 Å². The Morgan fingerprint density at radius 3 is 2.79 bits per heavy atom. The second-order valence-electron chi connectivity index (χ2n) is 2.82. The van der Waals surface area contributed by atoms with Gasteiger partial charge in [-0.05, 0) is 19.1 Å². The molecule has 6 heteroatoms. The Labute approximate surface area is 91.9 Å². The van der Waals surface area contributed by atoms with Crippen molar-refractivity contribution in [2.75, 3.05) is 4.66 Å². The van der Waals surface area contributed by atoms with Gasteiger partial charge >= 0.3 is 0 Å². The molecule has 0 amide bonds. The summed E-state index contributed by atoms with van der Waals surface area (Å²) in [5.74, 6) is 0. The van der Waals surface area contributed by atoms with E-state index in [1.807, 2.05) is 6.07 Å². The zero-order valence-corrected chi connectivity index (χ0v) is 10.0. The first-order valence-corrected chi connectivity index (χ1v) is 6.79. The first-order valence-electron chi connectivity index (χ1n) is 4.02. The summed E-state index contributed by atoms with van der Waals surface area (Å²) in [6, 6.07) is 5.08. The number of nitrogens with one attached hydrogen (secondary N) is 1. The van der Waals surface area contributed by atoms with Crippen LogP contribution in [0.4, 0.5) is 0 Å². The van der Waals surface area contributed by atoms with Crippen molar-refractivity contribution in [2.45, 2.75) is 13.0 Å². The van der Waals surface area contributed by atoms with Crippen LogP contribution in [0.5, 0.6) is 0 Å². The van der Waals surface area contributed by atoms with Gasteiger partial charge in [0.1, 0.15) is 4.66 Å². The SMILES string of the molecule is CC(NS(=O)(=O)CBr)c1ccccn1. The number of aromatic nitrogens is 1. The minimum atomic E-state index is -3.24. The van der Waals surface area contributed by atoms with E-state index in [2.05, 4.69) is 25.6 Å². The lowest BCUT2D eigenvalue weighted by Gasteiger charge is -2.11. The van der Waals surface area contributed by atoms with Crippen LogP contribution in [-0.4, -0.2) is 18.1 Å². The van der Waals surface area contributed by atoms with E-state index >= 15 is 0 Å². The van der Waals surface area contributed by atoms with Crippen LogP contribution in [0.1, 0.15) is 18.7 Å². The van der Waals surface area contributed by atoms with Gasteiger partial charge in [0.05, 0.1) is 11.7 Å². The molecule has 0 aromatic carbocycles. The van der Waals surface area contributed by atoms with Crippen LogP contribution < -0.4 is 4.72 Å². The van der Waals surface area contributed by atoms with Crippen LogP contribution >= 0.6 is 15.9 Å². The zero-order chi connectivity index (χ0) is 10.6. The molecule has 0 aliphatic heterocycles. The Hall–Kier alpha value is -0.460. The molecule has 78 valence electrons. The molecule has 1 atom stereocenters. The first kappa shape index (κ1) is 11.6. The third kappa shape index (κ3) is 3.36. The molecule has 1 rings (SSSR count). The second-order valence-corrected chi connectivity index (χ2v) is 5.87. The van der Waals surface area contributed by atoms with Crippen molar-refractivity contribution in [2.24, 2.45) is 0 Å². The number of pyridine rings is 1. The molecule has 1 N–H and O–H groups in total. The van der Waals surface area contributed by atoms with Gasteiger partial charge in [0.25, 0.3) is 0 Å². The highest BCUT2D eigenvalue weighted by atomic mass is 79.9. The van der Waals surface area contributed by atoms with E-state index in [4.69, 9.17) is 0 Å². The van der Waals surface area contributed by atoms with Crippen molar-refractivity contribution >= 4 is 26.0 Å².